The van der Waals surface area contributed by atoms with Crippen molar-refractivity contribution in [3.63, 3.8) is 0 Å². The highest BCUT2D eigenvalue weighted by molar-refractivity contribution is 7.93. The van der Waals surface area contributed by atoms with E-state index in [0.29, 0.717) is 23.0 Å². The van der Waals surface area contributed by atoms with E-state index in [-0.39, 0.29) is 21.8 Å². The molecule has 0 spiro atoms. The average Bonchev–Trinajstić information content (AvgIpc) is 3.25. The summed E-state index contributed by atoms with van der Waals surface area (Å²) in [6.07, 6.45) is 3.03. The zero-order chi connectivity index (χ0) is 21.8. The Morgan fingerprint density at radius 2 is 2.00 bits per heavy atom. The first-order chi connectivity index (χ1) is 14.9. The number of nitrogens with zero attached hydrogens (tertiary/aromatic N) is 2. The van der Waals surface area contributed by atoms with E-state index in [0.717, 1.165) is 25.9 Å². The van der Waals surface area contributed by atoms with Crippen LogP contribution in [-0.2, 0) is 16.6 Å². The molecule has 4 rings (SSSR count). The zero-order valence-corrected chi connectivity index (χ0v) is 18.9. The molecule has 1 aliphatic heterocycles. The van der Waals surface area contributed by atoms with E-state index in [9.17, 15) is 12.8 Å². The maximum Gasteiger partial charge on any atom is 0.263 e. The molecule has 0 amide bonds. The normalized spacial score (nSPS) is 15.7. The summed E-state index contributed by atoms with van der Waals surface area (Å²) in [7, 11) is -3.78. The van der Waals surface area contributed by atoms with Crippen molar-refractivity contribution in [1.29, 1.82) is 0 Å². The lowest BCUT2D eigenvalue weighted by molar-refractivity contribution is 0.0962. The molecule has 0 radical (unpaired) electrons. The van der Waals surface area contributed by atoms with Crippen molar-refractivity contribution in [3.8, 4) is 5.75 Å². The van der Waals surface area contributed by atoms with Gasteiger partial charge in [0, 0.05) is 36.8 Å². The highest BCUT2D eigenvalue weighted by Crippen LogP contribution is 2.31. The van der Waals surface area contributed by atoms with E-state index in [1.54, 1.807) is 23.6 Å². The van der Waals surface area contributed by atoms with Gasteiger partial charge in [-0.1, -0.05) is 29.8 Å². The number of anilines is 1. The summed E-state index contributed by atoms with van der Waals surface area (Å²) in [4.78, 5) is 6.16. The van der Waals surface area contributed by atoms with Gasteiger partial charge in [-0.25, -0.2) is 17.8 Å². The number of hydrogen-bond donors (Lipinski definition) is 1. The average molecular weight is 482 g/mol. The number of aromatic nitrogens is 1. The van der Waals surface area contributed by atoms with Gasteiger partial charge in [-0.15, -0.1) is 11.3 Å². The fourth-order valence-electron chi connectivity index (χ4n) is 3.42. The van der Waals surface area contributed by atoms with Crippen molar-refractivity contribution in [3.05, 3.63) is 70.4 Å². The van der Waals surface area contributed by atoms with Crippen LogP contribution in [0, 0.1) is 5.82 Å². The SMILES string of the molecule is O=S(=O)(Nc1nccs1)c1ccc(OC2CCN(Cc3ccccc3F)CC2)c(Cl)c1. The van der Waals surface area contributed by atoms with Crippen LogP contribution < -0.4 is 9.46 Å². The van der Waals surface area contributed by atoms with Gasteiger partial charge in [0.15, 0.2) is 5.13 Å². The van der Waals surface area contributed by atoms with Crippen LogP contribution in [0.5, 0.6) is 5.75 Å². The number of sulfonamides is 1. The Kier molecular flexibility index (Phi) is 6.76. The number of rotatable bonds is 7. The predicted molar refractivity (Wildman–Crippen MR) is 120 cm³/mol. The molecule has 10 heteroatoms. The van der Waals surface area contributed by atoms with Gasteiger partial charge >= 0.3 is 0 Å². The van der Waals surface area contributed by atoms with Crippen LogP contribution in [0.1, 0.15) is 18.4 Å². The second-order valence-electron chi connectivity index (χ2n) is 7.22. The Balaban J connectivity index is 1.34. The Morgan fingerprint density at radius 3 is 2.68 bits per heavy atom. The number of hydrogen-bond acceptors (Lipinski definition) is 6. The van der Waals surface area contributed by atoms with Crippen LogP contribution in [0.15, 0.2) is 58.9 Å². The number of thiazole rings is 1. The third-order valence-electron chi connectivity index (χ3n) is 5.05. The van der Waals surface area contributed by atoms with Gasteiger partial charge < -0.3 is 4.74 Å². The lowest BCUT2D eigenvalue weighted by Crippen LogP contribution is -2.38. The molecule has 0 atom stereocenters. The van der Waals surface area contributed by atoms with Gasteiger partial charge in [-0.3, -0.25) is 9.62 Å². The number of ether oxygens (including phenoxy) is 1. The van der Waals surface area contributed by atoms with Crippen LogP contribution in [0.2, 0.25) is 5.02 Å². The molecule has 0 bridgehead atoms. The molecule has 3 aromatic rings. The highest BCUT2D eigenvalue weighted by atomic mass is 35.5. The van der Waals surface area contributed by atoms with Crippen LogP contribution in [0.4, 0.5) is 9.52 Å². The first kappa shape index (κ1) is 22.0. The van der Waals surface area contributed by atoms with Crippen LogP contribution in [0.25, 0.3) is 0 Å². The van der Waals surface area contributed by atoms with Gasteiger partial charge in [0.2, 0.25) is 0 Å². The molecular formula is C21H21ClFN3O3S2. The van der Waals surface area contributed by atoms with Crippen molar-refractivity contribution in [2.75, 3.05) is 17.8 Å². The summed E-state index contributed by atoms with van der Waals surface area (Å²) in [5.74, 6) is 0.259. The summed E-state index contributed by atoms with van der Waals surface area (Å²) < 4.78 is 47.3. The Labute approximate surface area is 189 Å². The lowest BCUT2D eigenvalue weighted by atomic mass is 10.1. The van der Waals surface area contributed by atoms with E-state index in [1.165, 1.54) is 35.7 Å². The summed E-state index contributed by atoms with van der Waals surface area (Å²) in [5.41, 5.74) is 0.688. The minimum absolute atomic E-state index is 0.0368. The molecule has 2 heterocycles. The quantitative estimate of drug-likeness (QED) is 0.525. The molecule has 0 saturated carbocycles. The third kappa shape index (κ3) is 5.54. The van der Waals surface area contributed by atoms with Gasteiger partial charge in [0.05, 0.1) is 9.92 Å². The van der Waals surface area contributed by atoms with Crippen molar-refractivity contribution < 1.29 is 17.5 Å². The zero-order valence-electron chi connectivity index (χ0n) is 16.5. The summed E-state index contributed by atoms with van der Waals surface area (Å²) in [6, 6.07) is 11.2. The van der Waals surface area contributed by atoms with Crippen LogP contribution >= 0.6 is 22.9 Å². The highest BCUT2D eigenvalue weighted by Gasteiger charge is 2.23. The number of nitrogens with one attached hydrogen (secondary N) is 1. The number of piperidine rings is 1. The number of benzene rings is 2. The molecule has 6 nitrogen and oxygen atoms in total. The van der Waals surface area contributed by atoms with Crippen molar-refractivity contribution in [2.24, 2.45) is 0 Å². The Morgan fingerprint density at radius 1 is 1.23 bits per heavy atom. The Bertz CT molecular complexity index is 1130. The van der Waals surface area contributed by atoms with Crippen molar-refractivity contribution >= 4 is 38.1 Å². The largest absolute Gasteiger partial charge is 0.489 e. The molecule has 164 valence electrons. The van der Waals surface area contributed by atoms with Gasteiger partial charge in [-0.2, -0.15) is 0 Å². The third-order valence-corrected chi connectivity index (χ3v) is 7.50. The van der Waals surface area contributed by atoms with E-state index in [4.69, 9.17) is 16.3 Å². The lowest BCUT2D eigenvalue weighted by Gasteiger charge is -2.32. The minimum Gasteiger partial charge on any atom is -0.489 e. The molecule has 2 aromatic carbocycles. The van der Waals surface area contributed by atoms with E-state index >= 15 is 0 Å². The first-order valence-electron chi connectivity index (χ1n) is 9.75. The summed E-state index contributed by atoms with van der Waals surface area (Å²) in [5, 5.41) is 2.21. The second-order valence-corrected chi connectivity index (χ2v) is 10.2. The van der Waals surface area contributed by atoms with Gasteiger partial charge in [0.25, 0.3) is 10.0 Å². The standard InChI is InChI=1S/C21H21ClFN3O3S2/c22-18-13-17(31(27,28)25-21-24-9-12-30-21)5-6-20(18)29-16-7-10-26(11-8-16)14-15-3-1-2-4-19(15)23/h1-6,9,12-13,16H,7-8,10-11,14H2,(H,24,25). The maximum absolute atomic E-state index is 13.9. The van der Waals surface area contributed by atoms with Crippen molar-refractivity contribution in [2.45, 2.75) is 30.4 Å². The van der Waals surface area contributed by atoms with Crippen LogP contribution in [0.3, 0.4) is 0 Å². The first-order valence-corrected chi connectivity index (χ1v) is 12.5. The van der Waals surface area contributed by atoms with E-state index in [1.807, 2.05) is 6.07 Å². The molecule has 1 aromatic heterocycles. The molecule has 0 unspecified atom stereocenters. The molecule has 1 aliphatic rings. The summed E-state index contributed by atoms with van der Waals surface area (Å²) in [6.45, 7) is 2.13. The van der Waals surface area contributed by atoms with Crippen molar-refractivity contribution in [1.82, 2.24) is 9.88 Å². The number of halogens is 2. The minimum atomic E-state index is -3.78. The molecule has 1 N–H and O–H groups in total. The van der Waals surface area contributed by atoms with E-state index < -0.39 is 10.0 Å². The molecule has 1 fully saturated rings. The molecule has 31 heavy (non-hydrogen) atoms. The van der Waals surface area contributed by atoms with Crippen LogP contribution in [-0.4, -0.2) is 37.5 Å². The monoisotopic (exact) mass is 481 g/mol. The fourth-order valence-corrected chi connectivity index (χ4v) is 5.53. The molecule has 0 aliphatic carbocycles. The van der Waals surface area contributed by atoms with Gasteiger partial charge in [-0.05, 0) is 37.1 Å². The smallest absolute Gasteiger partial charge is 0.263 e. The fraction of sp³-hybridized carbons (Fsp3) is 0.286. The Hall–Kier alpha value is -2.20. The molecular weight excluding hydrogens is 461 g/mol. The molecule has 1 saturated heterocycles. The predicted octanol–water partition coefficient (Wildman–Crippen LogP) is 4.78. The topological polar surface area (TPSA) is 71.5 Å². The number of likely N-dealkylation sites (tertiary alicyclic amines) is 1. The van der Waals surface area contributed by atoms with Gasteiger partial charge in [0.1, 0.15) is 17.7 Å². The van der Waals surface area contributed by atoms with E-state index in [2.05, 4.69) is 14.6 Å². The second kappa shape index (κ2) is 9.52. The maximum atomic E-state index is 13.9. The summed E-state index contributed by atoms with van der Waals surface area (Å²) >= 11 is 7.50.